The zero-order chi connectivity index (χ0) is 15.1. The lowest BCUT2D eigenvalue weighted by Gasteiger charge is -2.16. The number of amides is 1. The van der Waals surface area contributed by atoms with Gasteiger partial charge in [0.2, 0.25) is 0 Å². The molecule has 1 saturated carbocycles. The fraction of sp³-hybridized carbons (Fsp3) is 0.625. The number of rotatable bonds is 4. The molecular weight excluding hydrogens is 270 g/mol. The number of furan rings is 1. The summed E-state index contributed by atoms with van der Waals surface area (Å²) in [6.07, 6.45) is 3.72. The molecule has 5 nitrogen and oxygen atoms in total. The smallest absolute Gasteiger partial charge is 0.308 e. The van der Waals surface area contributed by atoms with E-state index >= 15 is 0 Å². The van der Waals surface area contributed by atoms with Gasteiger partial charge in [-0.15, -0.1) is 0 Å². The van der Waals surface area contributed by atoms with E-state index in [-0.39, 0.29) is 17.7 Å². The molecule has 2 heterocycles. The van der Waals surface area contributed by atoms with Gasteiger partial charge in [0.05, 0.1) is 12.2 Å². The maximum atomic E-state index is 12.6. The molecule has 2 atom stereocenters. The Hall–Kier alpha value is -1.78. The molecule has 1 aliphatic carbocycles. The molecule has 0 unspecified atom stereocenters. The van der Waals surface area contributed by atoms with Crippen molar-refractivity contribution in [3.8, 4) is 0 Å². The molecule has 21 heavy (non-hydrogen) atoms. The second kappa shape index (κ2) is 5.20. The predicted octanol–water partition coefficient (Wildman–Crippen LogP) is 2.59. The average Bonchev–Trinajstić information content (AvgIpc) is 3.01. The lowest BCUT2D eigenvalue weighted by molar-refractivity contribution is -0.142. The number of carbonyl (C=O) groups is 2. The van der Waals surface area contributed by atoms with Crippen LogP contribution in [0.4, 0.5) is 0 Å². The van der Waals surface area contributed by atoms with Crippen molar-refractivity contribution in [1.29, 1.82) is 0 Å². The summed E-state index contributed by atoms with van der Waals surface area (Å²) >= 11 is 0. The minimum Gasteiger partial charge on any atom is -0.481 e. The standard InChI is InChI=1S/C16H21NO4/c1-9(2)11-5-6-21-14(11)15(18)17-7-12(10-3-4-10)13(8-17)16(19)20/h5-6,9-10,12-13H,3-4,7-8H2,1-2H3,(H,19,20)/t12-,13+/m1/s1. The van der Waals surface area contributed by atoms with Crippen molar-refractivity contribution in [1.82, 2.24) is 4.90 Å². The van der Waals surface area contributed by atoms with Crippen LogP contribution in [0.25, 0.3) is 0 Å². The number of hydrogen-bond acceptors (Lipinski definition) is 3. The number of nitrogens with zero attached hydrogens (tertiary/aromatic N) is 1. The molecule has 1 aliphatic heterocycles. The van der Waals surface area contributed by atoms with Gasteiger partial charge in [0.15, 0.2) is 5.76 Å². The Bertz CT molecular complexity index is 558. The fourth-order valence-corrected chi connectivity index (χ4v) is 3.35. The highest BCUT2D eigenvalue weighted by Crippen LogP contribution is 2.44. The topological polar surface area (TPSA) is 70.8 Å². The zero-order valence-corrected chi connectivity index (χ0v) is 12.4. The molecular formula is C16H21NO4. The Morgan fingerprint density at radius 1 is 1.33 bits per heavy atom. The van der Waals surface area contributed by atoms with E-state index in [1.54, 1.807) is 4.90 Å². The first kappa shape index (κ1) is 14.2. The Kier molecular flexibility index (Phi) is 3.51. The van der Waals surface area contributed by atoms with Crippen LogP contribution in [0.5, 0.6) is 0 Å². The van der Waals surface area contributed by atoms with Crippen LogP contribution in [-0.2, 0) is 4.79 Å². The third-order valence-electron chi connectivity index (χ3n) is 4.71. The van der Waals surface area contributed by atoms with E-state index in [1.165, 1.54) is 6.26 Å². The highest BCUT2D eigenvalue weighted by Gasteiger charge is 2.47. The quantitative estimate of drug-likeness (QED) is 0.925. The van der Waals surface area contributed by atoms with Gasteiger partial charge in [-0.25, -0.2) is 0 Å². The van der Waals surface area contributed by atoms with Crippen molar-refractivity contribution in [2.75, 3.05) is 13.1 Å². The van der Waals surface area contributed by atoms with E-state index in [0.29, 0.717) is 24.8 Å². The summed E-state index contributed by atoms with van der Waals surface area (Å²) in [6, 6.07) is 1.82. The van der Waals surface area contributed by atoms with Crippen LogP contribution in [0, 0.1) is 17.8 Å². The second-order valence-corrected chi connectivity index (χ2v) is 6.52. The third kappa shape index (κ3) is 2.57. The molecule has 0 spiro atoms. The van der Waals surface area contributed by atoms with Crippen LogP contribution < -0.4 is 0 Å². The average molecular weight is 291 g/mol. The van der Waals surface area contributed by atoms with Crippen LogP contribution in [-0.4, -0.2) is 35.0 Å². The first-order valence-electron chi connectivity index (χ1n) is 7.58. The maximum Gasteiger partial charge on any atom is 0.308 e. The molecule has 1 saturated heterocycles. The molecule has 5 heteroatoms. The molecule has 2 fully saturated rings. The minimum atomic E-state index is -0.786. The van der Waals surface area contributed by atoms with E-state index in [0.717, 1.165) is 18.4 Å². The van der Waals surface area contributed by atoms with E-state index in [4.69, 9.17) is 4.42 Å². The minimum absolute atomic E-state index is 0.101. The summed E-state index contributed by atoms with van der Waals surface area (Å²) in [5, 5.41) is 9.37. The Labute approximate surface area is 123 Å². The number of carbonyl (C=O) groups excluding carboxylic acids is 1. The van der Waals surface area contributed by atoms with Crippen LogP contribution >= 0.6 is 0 Å². The zero-order valence-electron chi connectivity index (χ0n) is 12.4. The van der Waals surface area contributed by atoms with E-state index in [1.807, 2.05) is 19.9 Å². The van der Waals surface area contributed by atoms with Crippen molar-refractivity contribution in [3.05, 3.63) is 23.7 Å². The fourth-order valence-electron chi connectivity index (χ4n) is 3.35. The number of aliphatic carboxylic acids is 1. The van der Waals surface area contributed by atoms with Crippen LogP contribution in [0.2, 0.25) is 0 Å². The first-order chi connectivity index (χ1) is 9.99. The van der Waals surface area contributed by atoms with E-state index in [9.17, 15) is 14.7 Å². The molecule has 1 aromatic rings. The van der Waals surface area contributed by atoms with Gasteiger partial charge in [0.25, 0.3) is 5.91 Å². The molecule has 1 amide bonds. The summed E-state index contributed by atoms with van der Waals surface area (Å²) in [7, 11) is 0. The number of likely N-dealkylation sites (tertiary alicyclic amines) is 1. The van der Waals surface area contributed by atoms with Gasteiger partial charge in [-0.1, -0.05) is 13.8 Å². The molecule has 1 N–H and O–H groups in total. The molecule has 114 valence electrons. The van der Waals surface area contributed by atoms with Gasteiger partial charge in [-0.05, 0) is 36.7 Å². The SMILES string of the molecule is CC(C)c1ccoc1C(=O)N1C[C@H](C(=O)O)[C@@H](C2CC2)C1. The van der Waals surface area contributed by atoms with Crippen molar-refractivity contribution < 1.29 is 19.1 Å². The van der Waals surface area contributed by atoms with Crippen molar-refractivity contribution in [2.45, 2.75) is 32.6 Å². The summed E-state index contributed by atoms with van der Waals surface area (Å²) in [5.74, 6) is -0.234. The van der Waals surface area contributed by atoms with Crippen molar-refractivity contribution in [2.24, 2.45) is 17.8 Å². The van der Waals surface area contributed by atoms with Gasteiger partial charge < -0.3 is 14.4 Å². The normalized spacial score (nSPS) is 25.6. The molecule has 0 bridgehead atoms. The largest absolute Gasteiger partial charge is 0.481 e. The van der Waals surface area contributed by atoms with Gasteiger partial charge >= 0.3 is 5.97 Å². The van der Waals surface area contributed by atoms with E-state index < -0.39 is 11.9 Å². The van der Waals surface area contributed by atoms with Gasteiger partial charge in [0, 0.05) is 18.7 Å². The van der Waals surface area contributed by atoms with Gasteiger partial charge in [0.1, 0.15) is 0 Å². The number of carboxylic acids is 1. The highest BCUT2D eigenvalue weighted by atomic mass is 16.4. The maximum absolute atomic E-state index is 12.6. The molecule has 2 aliphatic rings. The highest BCUT2D eigenvalue weighted by molar-refractivity contribution is 5.93. The molecule has 0 radical (unpaired) electrons. The van der Waals surface area contributed by atoms with Crippen LogP contribution in [0.3, 0.4) is 0 Å². The van der Waals surface area contributed by atoms with Crippen LogP contribution in [0.15, 0.2) is 16.7 Å². The molecule has 0 aromatic carbocycles. The summed E-state index contributed by atoms with van der Waals surface area (Å²) in [4.78, 5) is 25.7. The Morgan fingerprint density at radius 3 is 2.62 bits per heavy atom. The van der Waals surface area contributed by atoms with Crippen LogP contribution in [0.1, 0.15) is 48.7 Å². The summed E-state index contributed by atoms with van der Waals surface area (Å²) in [5.41, 5.74) is 0.891. The lowest BCUT2D eigenvalue weighted by Crippen LogP contribution is -2.30. The summed E-state index contributed by atoms with van der Waals surface area (Å²) in [6.45, 7) is 4.86. The number of carboxylic acid groups (broad SMARTS) is 1. The summed E-state index contributed by atoms with van der Waals surface area (Å²) < 4.78 is 5.37. The molecule has 3 rings (SSSR count). The first-order valence-corrected chi connectivity index (χ1v) is 7.58. The van der Waals surface area contributed by atoms with Gasteiger partial charge in [-0.3, -0.25) is 9.59 Å². The van der Waals surface area contributed by atoms with Crippen molar-refractivity contribution in [3.63, 3.8) is 0 Å². The Morgan fingerprint density at radius 2 is 2.05 bits per heavy atom. The van der Waals surface area contributed by atoms with Gasteiger partial charge in [-0.2, -0.15) is 0 Å². The Balaban J connectivity index is 1.79. The predicted molar refractivity (Wildman–Crippen MR) is 76.0 cm³/mol. The lowest BCUT2D eigenvalue weighted by atomic mass is 9.92. The second-order valence-electron chi connectivity index (χ2n) is 6.52. The molecule has 1 aromatic heterocycles. The number of hydrogen-bond donors (Lipinski definition) is 1. The van der Waals surface area contributed by atoms with Crippen molar-refractivity contribution >= 4 is 11.9 Å². The monoisotopic (exact) mass is 291 g/mol. The van der Waals surface area contributed by atoms with E-state index in [2.05, 4.69) is 0 Å². The third-order valence-corrected chi connectivity index (χ3v) is 4.71.